The fourth-order valence-corrected chi connectivity index (χ4v) is 1.16. The third kappa shape index (κ3) is 2.23. The van der Waals surface area contributed by atoms with Crippen molar-refractivity contribution in [2.75, 3.05) is 5.32 Å². The zero-order chi connectivity index (χ0) is 11.4. The zero-order valence-corrected chi connectivity index (χ0v) is 8.38. The number of nitrogens with zero attached hydrogens (tertiary/aromatic N) is 2. The molecule has 1 amide bonds. The first-order chi connectivity index (χ1) is 7.79. The molecule has 6 nitrogen and oxygen atoms in total. The predicted molar refractivity (Wildman–Crippen MR) is 56.6 cm³/mol. The van der Waals surface area contributed by atoms with Crippen molar-refractivity contribution < 1.29 is 9.21 Å². The summed E-state index contributed by atoms with van der Waals surface area (Å²) in [7, 11) is 0. The minimum atomic E-state index is -0.375. The van der Waals surface area contributed by atoms with E-state index in [-0.39, 0.29) is 18.2 Å². The molecule has 0 saturated carbocycles. The lowest BCUT2D eigenvalue weighted by Crippen LogP contribution is -2.12. The number of rotatable bonds is 3. The van der Waals surface area contributed by atoms with Gasteiger partial charge < -0.3 is 15.5 Å². The number of hydrogen-bond acceptors (Lipinski definition) is 5. The SMILES string of the molecule is NCc1ccc(C(=O)Nc2cccnn2)o1. The molecule has 82 valence electrons. The lowest BCUT2D eigenvalue weighted by Gasteiger charge is -1.99. The Bertz CT molecular complexity index is 481. The molecule has 0 unspecified atom stereocenters. The van der Waals surface area contributed by atoms with Crippen LogP contribution in [0.15, 0.2) is 34.9 Å². The number of hydrogen-bond donors (Lipinski definition) is 2. The summed E-state index contributed by atoms with van der Waals surface area (Å²) in [5.41, 5.74) is 5.37. The van der Waals surface area contributed by atoms with Gasteiger partial charge in [0.25, 0.3) is 5.91 Å². The van der Waals surface area contributed by atoms with Crippen molar-refractivity contribution in [3.63, 3.8) is 0 Å². The van der Waals surface area contributed by atoms with Gasteiger partial charge in [-0.25, -0.2) is 0 Å². The second-order valence-electron chi connectivity index (χ2n) is 3.03. The quantitative estimate of drug-likeness (QED) is 0.793. The van der Waals surface area contributed by atoms with E-state index in [1.54, 1.807) is 24.3 Å². The smallest absolute Gasteiger partial charge is 0.292 e. The highest BCUT2D eigenvalue weighted by atomic mass is 16.4. The molecule has 0 saturated heterocycles. The van der Waals surface area contributed by atoms with Crippen LogP contribution < -0.4 is 11.1 Å². The van der Waals surface area contributed by atoms with Crippen LogP contribution in [0.3, 0.4) is 0 Å². The van der Waals surface area contributed by atoms with Gasteiger partial charge in [0, 0.05) is 6.20 Å². The van der Waals surface area contributed by atoms with Crippen LogP contribution in [0, 0.1) is 0 Å². The summed E-state index contributed by atoms with van der Waals surface area (Å²) in [4.78, 5) is 11.6. The predicted octanol–water partition coefficient (Wildman–Crippen LogP) is 0.781. The maximum atomic E-state index is 11.6. The fourth-order valence-electron chi connectivity index (χ4n) is 1.16. The molecule has 2 rings (SSSR count). The van der Waals surface area contributed by atoms with Crippen molar-refractivity contribution >= 4 is 11.7 Å². The summed E-state index contributed by atoms with van der Waals surface area (Å²) in [6.07, 6.45) is 1.52. The zero-order valence-electron chi connectivity index (χ0n) is 8.38. The second-order valence-corrected chi connectivity index (χ2v) is 3.03. The molecule has 0 aliphatic carbocycles. The molecule has 0 radical (unpaired) electrons. The molecular formula is C10H10N4O2. The number of aromatic nitrogens is 2. The van der Waals surface area contributed by atoms with Crippen LogP contribution >= 0.6 is 0 Å². The van der Waals surface area contributed by atoms with Gasteiger partial charge in [-0.3, -0.25) is 4.79 Å². The van der Waals surface area contributed by atoms with Gasteiger partial charge in [-0.2, -0.15) is 5.10 Å². The van der Waals surface area contributed by atoms with E-state index in [0.29, 0.717) is 11.6 Å². The van der Waals surface area contributed by atoms with Gasteiger partial charge in [0.2, 0.25) is 0 Å². The molecule has 0 atom stereocenters. The molecule has 2 heterocycles. The maximum absolute atomic E-state index is 11.6. The molecule has 0 aliphatic rings. The van der Waals surface area contributed by atoms with Gasteiger partial charge in [-0.15, -0.1) is 5.10 Å². The summed E-state index contributed by atoms with van der Waals surface area (Å²) >= 11 is 0. The minimum Gasteiger partial charge on any atom is -0.455 e. The van der Waals surface area contributed by atoms with Crippen molar-refractivity contribution in [3.8, 4) is 0 Å². The van der Waals surface area contributed by atoms with Crippen LogP contribution in [-0.4, -0.2) is 16.1 Å². The number of carbonyl (C=O) groups is 1. The normalized spacial score (nSPS) is 10.1. The molecule has 0 aliphatic heterocycles. The number of nitrogens with two attached hydrogens (primary N) is 1. The number of anilines is 1. The standard InChI is InChI=1S/C10H10N4O2/c11-6-7-3-4-8(16-7)10(15)13-9-2-1-5-12-14-9/h1-5H,6,11H2,(H,13,14,15). The molecule has 6 heteroatoms. The van der Waals surface area contributed by atoms with E-state index in [2.05, 4.69) is 15.5 Å². The molecule has 2 aromatic heterocycles. The largest absolute Gasteiger partial charge is 0.455 e. The minimum absolute atomic E-state index is 0.200. The van der Waals surface area contributed by atoms with Crippen molar-refractivity contribution in [1.82, 2.24) is 10.2 Å². The molecule has 0 spiro atoms. The van der Waals surface area contributed by atoms with Crippen molar-refractivity contribution in [3.05, 3.63) is 42.0 Å². The highest BCUT2D eigenvalue weighted by Crippen LogP contribution is 2.09. The van der Waals surface area contributed by atoms with E-state index >= 15 is 0 Å². The molecule has 3 N–H and O–H groups in total. The van der Waals surface area contributed by atoms with Crippen LogP contribution in [-0.2, 0) is 6.54 Å². The summed E-state index contributed by atoms with van der Waals surface area (Å²) in [5, 5.41) is 9.91. The topological polar surface area (TPSA) is 94.0 Å². The van der Waals surface area contributed by atoms with Gasteiger partial charge in [-0.05, 0) is 24.3 Å². The molecule has 0 fully saturated rings. The van der Waals surface area contributed by atoms with E-state index < -0.39 is 0 Å². The lowest BCUT2D eigenvalue weighted by molar-refractivity contribution is 0.0994. The average molecular weight is 218 g/mol. The summed E-state index contributed by atoms with van der Waals surface area (Å²) in [6, 6.07) is 6.53. The van der Waals surface area contributed by atoms with Crippen LogP contribution in [0.25, 0.3) is 0 Å². The fraction of sp³-hybridized carbons (Fsp3) is 0.100. The van der Waals surface area contributed by atoms with Gasteiger partial charge >= 0.3 is 0 Å². The van der Waals surface area contributed by atoms with Crippen molar-refractivity contribution in [1.29, 1.82) is 0 Å². The Morgan fingerprint density at radius 1 is 1.44 bits per heavy atom. The number of furan rings is 1. The number of amides is 1. The van der Waals surface area contributed by atoms with E-state index in [1.807, 2.05) is 0 Å². The Kier molecular flexibility index (Phi) is 2.93. The van der Waals surface area contributed by atoms with E-state index in [0.717, 1.165) is 0 Å². The molecule has 0 aromatic carbocycles. The van der Waals surface area contributed by atoms with Crippen LogP contribution in [0.2, 0.25) is 0 Å². The van der Waals surface area contributed by atoms with Crippen molar-refractivity contribution in [2.45, 2.75) is 6.54 Å². The molecule has 0 bridgehead atoms. The Morgan fingerprint density at radius 2 is 2.31 bits per heavy atom. The second kappa shape index (κ2) is 4.54. The molecular weight excluding hydrogens is 208 g/mol. The van der Waals surface area contributed by atoms with Crippen LogP contribution in [0.1, 0.15) is 16.3 Å². The van der Waals surface area contributed by atoms with Gasteiger partial charge in [0.05, 0.1) is 6.54 Å². The Hall–Kier alpha value is -2.21. The Labute approximate surface area is 91.5 Å². The first-order valence-corrected chi connectivity index (χ1v) is 4.67. The third-order valence-corrected chi connectivity index (χ3v) is 1.90. The monoisotopic (exact) mass is 218 g/mol. The molecule has 16 heavy (non-hydrogen) atoms. The maximum Gasteiger partial charge on any atom is 0.292 e. The number of carbonyl (C=O) groups excluding carboxylic acids is 1. The number of nitrogens with one attached hydrogen (secondary N) is 1. The van der Waals surface area contributed by atoms with Gasteiger partial charge in [-0.1, -0.05) is 0 Å². The highest BCUT2D eigenvalue weighted by Gasteiger charge is 2.11. The van der Waals surface area contributed by atoms with E-state index in [1.165, 1.54) is 6.20 Å². The first kappa shape index (κ1) is 10.3. The third-order valence-electron chi connectivity index (χ3n) is 1.90. The summed E-state index contributed by atoms with van der Waals surface area (Å²) in [5.74, 6) is 0.758. The summed E-state index contributed by atoms with van der Waals surface area (Å²) < 4.78 is 5.18. The Balaban J connectivity index is 2.09. The van der Waals surface area contributed by atoms with Crippen LogP contribution in [0.5, 0.6) is 0 Å². The van der Waals surface area contributed by atoms with Gasteiger partial charge in [0.1, 0.15) is 5.76 Å². The van der Waals surface area contributed by atoms with E-state index in [4.69, 9.17) is 10.2 Å². The summed E-state index contributed by atoms with van der Waals surface area (Å²) in [6.45, 7) is 0.262. The van der Waals surface area contributed by atoms with Gasteiger partial charge in [0.15, 0.2) is 11.6 Å². The van der Waals surface area contributed by atoms with E-state index in [9.17, 15) is 4.79 Å². The van der Waals surface area contributed by atoms with Crippen molar-refractivity contribution in [2.24, 2.45) is 5.73 Å². The highest BCUT2D eigenvalue weighted by molar-refractivity contribution is 6.01. The Morgan fingerprint density at radius 3 is 2.94 bits per heavy atom. The lowest BCUT2D eigenvalue weighted by atomic mass is 10.4. The average Bonchev–Trinajstić information content (AvgIpc) is 2.79. The van der Waals surface area contributed by atoms with Crippen LogP contribution in [0.4, 0.5) is 5.82 Å². The molecule has 2 aromatic rings. The first-order valence-electron chi connectivity index (χ1n) is 4.67.